The highest BCUT2D eigenvalue weighted by atomic mass is 35.5. The van der Waals surface area contributed by atoms with Gasteiger partial charge in [0.1, 0.15) is 11.3 Å². The van der Waals surface area contributed by atoms with Gasteiger partial charge in [-0.2, -0.15) is 0 Å². The summed E-state index contributed by atoms with van der Waals surface area (Å²) in [6.45, 7) is -0.433. The highest BCUT2D eigenvalue weighted by molar-refractivity contribution is 6.29. The van der Waals surface area contributed by atoms with E-state index in [1.165, 1.54) is 7.11 Å². The molecule has 8 heteroatoms. The van der Waals surface area contributed by atoms with Gasteiger partial charge in [0.15, 0.2) is 6.61 Å². The van der Waals surface area contributed by atoms with E-state index in [1.54, 1.807) is 0 Å². The Balaban J connectivity index is 2.88. The van der Waals surface area contributed by atoms with Crippen LogP contribution >= 0.6 is 11.6 Å². The summed E-state index contributed by atoms with van der Waals surface area (Å²) in [4.78, 5) is 24.2. The number of ether oxygens (including phenoxy) is 2. The first-order valence-electron chi connectivity index (χ1n) is 4.04. The Labute approximate surface area is 95.1 Å². The van der Waals surface area contributed by atoms with E-state index in [1.807, 2.05) is 0 Å². The predicted octanol–water partition coefficient (Wildman–Crippen LogP) is 1.19. The van der Waals surface area contributed by atoms with Crippen molar-refractivity contribution in [3.8, 4) is 5.75 Å². The topological polar surface area (TPSA) is 91.6 Å². The molecule has 0 bridgehead atoms. The molecule has 1 aromatic heterocycles. The number of pyridine rings is 1. The van der Waals surface area contributed by atoms with Crippen LogP contribution in [0.1, 0.15) is 0 Å². The van der Waals surface area contributed by atoms with Crippen molar-refractivity contribution in [1.29, 1.82) is 0 Å². The van der Waals surface area contributed by atoms with Gasteiger partial charge in [-0.15, -0.1) is 0 Å². The number of nitro groups is 1. The number of aromatic nitrogens is 1. The molecular weight excluding hydrogens is 240 g/mol. The molecule has 7 nitrogen and oxygen atoms in total. The maximum Gasteiger partial charge on any atom is 0.343 e. The van der Waals surface area contributed by atoms with Gasteiger partial charge in [0, 0.05) is 6.07 Å². The van der Waals surface area contributed by atoms with Gasteiger partial charge in [0.2, 0.25) is 5.75 Å². The minimum absolute atomic E-state index is 0.0328. The number of carbonyl (C=O) groups is 1. The van der Waals surface area contributed by atoms with Crippen LogP contribution in [0.25, 0.3) is 0 Å². The minimum atomic E-state index is -0.685. The Morgan fingerprint density at radius 2 is 2.38 bits per heavy atom. The number of methoxy groups -OCH3 is 1. The summed E-state index contributed by atoms with van der Waals surface area (Å²) >= 11 is 5.54. The van der Waals surface area contributed by atoms with Crippen LogP contribution in [0.15, 0.2) is 12.3 Å². The summed E-state index contributed by atoms with van der Waals surface area (Å²) in [5, 5.41) is 10.6. The molecule has 0 saturated heterocycles. The van der Waals surface area contributed by atoms with E-state index in [0.717, 1.165) is 12.3 Å². The van der Waals surface area contributed by atoms with Gasteiger partial charge < -0.3 is 9.47 Å². The monoisotopic (exact) mass is 246 g/mol. The molecule has 0 spiro atoms. The fraction of sp³-hybridized carbons (Fsp3) is 0.250. The molecule has 1 aromatic rings. The number of nitrogens with zero attached hydrogens (tertiary/aromatic N) is 2. The van der Waals surface area contributed by atoms with Crippen LogP contribution in [0.5, 0.6) is 5.75 Å². The number of esters is 1. The molecule has 0 N–H and O–H groups in total. The Morgan fingerprint density at radius 3 is 2.94 bits per heavy atom. The summed E-state index contributed by atoms with van der Waals surface area (Å²) in [7, 11) is 1.18. The van der Waals surface area contributed by atoms with Crippen molar-refractivity contribution in [2.24, 2.45) is 0 Å². The summed E-state index contributed by atoms with van der Waals surface area (Å²) in [6.07, 6.45) is 0.953. The minimum Gasteiger partial charge on any atom is -0.475 e. The average molecular weight is 247 g/mol. The summed E-state index contributed by atoms with van der Waals surface area (Å²) in [5.74, 6) is -0.780. The summed E-state index contributed by atoms with van der Waals surface area (Å²) in [6, 6.07) is 1.16. The van der Waals surface area contributed by atoms with Crippen LogP contribution in [0.3, 0.4) is 0 Å². The van der Waals surface area contributed by atoms with Crippen LogP contribution in [-0.2, 0) is 9.53 Å². The number of rotatable bonds is 4. The molecule has 0 aliphatic carbocycles. The fourth-order valence-electron chi connectivity index (χ4n) is 0.854. The van der Waals surface area contributed by atoms with Crippen LogP contribution < -0.4 is 4.74 Å². The van der Waals surface area contributed by atoms with E-state index in [4.69, 9.17) is 16.3 Å². The van der Waals surface area contributed by atoms with E-state index in [2.05, 4.69) is 9.72 Å². The zero-order valence-electron chi connectivity index (χ0n) is 8.18. The second kappa shape index (κ2) is 5.26. The van der Waals surface area contributed by atoms with Gasteiger partial charge in [0.05, 0.1) is 12.0 Å². The number of carbonyl (C=O) groups excluding carboxylic acids is 1. The van der Waals surface area contributed by atoms with Gasteiger partial charge in [-0.3, -0.25) is 10.1 Å². The number of halogens is 1. The van der Waals surface area contributed by atoms with Gasteiger partial charge in [-0.25, -0.2) is 9.78 Å². The van der Waals surface area contributed by atoms with E-state index >= 15 is 0 Å². The average Bonchev–Trinajstić information content (AvgIpc) is 2.25. The van der Waals surface area contributed by atoms with Crippen LogP contribution in [0, 0.1) is 10.1 Å². The van der Waals surface area contributed by atoms with Crippen molar-refractivity contribution >= 4 is 23.3 Å². The van der Waals surface area contributed by atoms with Gasteiger partial charge >= 0.3 is 11.7 Å². The standard InChI is InChI=1S/C8H7ClN2O5/c1-15-8(12)4-16-6-2-7(9)10-3-5(6)11(13)14/h2-3H,4H2,1H3. The first kappa shape index (κ1) is 12.2. The maximum atomic E-state index is 10.8. The third kappa shape index (κ3) is 3.06. The molecule has 0 atom stereocenters. The smallest absolute Gasteiger partial charge is 0.343 e. The van der Waals surface area contributed by atoms with Gasteiger partial charge in [-0.05, 0) is 0 Å². The highest BCUT2D eigenvalue weighted by Gasteiger charge is 2.17. The Kier molecular flexibility index (Phi) is 4.01. The molecule has 0 aliphatic heterocycles. The Hall–Kier alpha value is -1.89. The quantitative estimate of drug-likeness (QED) is 0.343. The van der Waals surface area contributed by atoms with Crippen molar-refractivity contribution in [1.82, 2.24) is 4.98 Å². The molecule has 0 saturated carbocycles. The molecule has 0 amide bonds. The van der Waals surface area contributed by atoms with Crippen LogP contribution in [-0.4, -0.2) is 29.6 Å². The second-order valence-electron chi connectivity index (χ2n) is 2.60. The molecule has 0 radical (unpaired) electrons. The number of hydrogen-bond acceptors (Lipinski definition) is 6. The molecule has 1 heterocycles. The van der Waals surface area contributed by atoms with E-state index < -0.39 is 17.5 Å². The summed E-state index contributed by atoms with van der Waals surface area (Å²) in [5.41, 5.74) is -0.367. The predicted molar refractivity (Wildman–Crippen MR) is 53.4 cm³/mol. The first-order chi connectivity index (χ1) is 7.54. The van der Waals surface area contributed by atoms with Crippen molar-refractivity contribution < 1.29 is 19.2 Å². The molecule has 0 aliphatic rings. The second-order valence-corrected chi connectivity index (χ2v) is 2.98. The third-order valence-corrected chi connectivity index (χ3v) is 1.79. The Morgan fingerprint density at radius 1 is 1.69 bits per heavy atom. The normalized spacial score (nSPS) is 9.62. The third-order valence-electron chi connectivity index (χ3n) is 1.58. The largest absolute Gasteiger partial charge is 0.475 e. The zero-order valence-corrected chi connectivity index (χ0v) is 8.93. The SMILES string of the molecule is COC(=O)COc1cc(Cl)ncc1[N+](=O)[O-]. The van der Waals surface area contributed by atoms with Crippen molar-refractivity contribution in [2.75, 3.05) is 13.7 Å². The lowest BCUT2D eigenvalue weighted by Crippen LogP contribution is -2.13. The lowest BCUT2D eigenvalue weighted by atomic mass is 10.4. The van der Waals surface area contributed by atoms with Gasteiger partial charge in [0.25, 0.3) is 0 Å². The lowest BCUT2D eigenvalue weighted by Gasteiger charge is -2.04. The first-order valence-corrected chi connectivity index (χ1v) is 4.42. The molecule has 0 unspecified atom stereocenters. The zero-order chi connectivity index (χ0) is 12.1. The van der Waals surface area contributed by atoms with E-state index in [9.17, 15) is 14.9 Å². The van der Waals surface area contributed by atoms with Crippen molar-refractivity contribution in [3.05, 3.63) is 27.5 Å². The van der Waals surface area contributed by atoms with Crippen LogP contribution in [0.2, 0.25) is 5.15 Å². The molecule has 16 heavy (non-hydrogen) atoms. The highest BCUT2D eigenvalue weighted by Crippen LogP contribution is 2.27. The molecule has 86 valence electrons. The molecule has 0 aromatic carbocycles. The van der Waals surface area contributed by atoms with E-state index in [0.29, 0.717) is 0 Å². The fourth-order valence-corrected chi connectivity index (χ4v) is 1.00. The maximum absolute atomic E-state index is 10.8. The lowest BCUT2D eigenvalue weighted by molar-refractivity contribution is -0.386. The van der Waals surface area contributed by atoms with Crippen molar-refractivity contribution in [2.45, 2.75) is 0 Å². The van der Waals surface area contributed by atoms with Crippen LogP contribution in [0.4, 0.5) is 5.69 Å². The van der Waals surface area contributed by atoms with Crippen molar-refractivity contribution in [3.63, 3.8) is 0 Å². The molecule has 0 fully saturated rings. The van der Waals surface area contributed by atoms with E-state index in [-0.39, 0.29) is 16.6 Å². The number of hydrogen-bond donors (Lipinski definition) is 0. The van der Waals surface area contributed by atoms with Gasteiger partial charge in [-0.1, -0.05) is 11.6 Å². The molecular formula is C8H7ClN2O5. The molecule has 1 rings (SSSR count). The Bertz CT molecular complexity index is 423. The summed E-state index contributed by atoms with van der Waals surface area (Å²) < 4.78 is 9.21.